The number of fused-ring (bicyclic) bond motifs is 1. The zero-order chi connectivity index (χ0) is 24.3. The number of carbonyl (C=O) groups is 1. The van der Waals surface area contributed by atoms with Gasteiger partial charge in [-0.2, -0.15) is 5.26 Å². The summed E-state index contributed by atoms with van der Waals surface area (Å²) in [5, 5.41) is 14.2. The van der Waals surface area contributed by atoms with E-state index in [9.17, 15) is 14.4 Å². The minimum Gasteiger partial charge on any atom is -0.495 e. The van der Waals surface area contributed by atoms with Crippen LogP contribution in [0.3, 0.4) is 0 Å². The molecule has 4 rings (SSSR count). The fraction of sp³-hybridized carbons (Fsp3) is 0.333. The molecule has 1 aliphatic heterocycles. The standard InChI is InChI=1S/C27H28FN3O3/c1-31-13-11-27(12-14-31,18-7-6-8-19(28)15-18)17-30-26(32)23-20-9-4-5-10-21(20)24(33-2)22(16-29)25(23)34-3/h4-10,15H,11-14,17H2,1-3H3,(H,30,32). The van der Waals surface area contributed by atoms with Gasteiger partial charge in [0.2, 0.25) is 0 Å². The van der Waals surface area contributed by atoms with Crippen LogP contribution in [0.5, 0.6) is 11.5 Å². The van der Waals surface area contributed by atoms with Gasteiger partial charge in [-0.25, -0.2) is 4.39 Å². The summed E-state index contributed by atoms with van der Waals surface area (Å²) in [7, 11) is 4.99. The lowest BCUT2D eigenvalue weighted by atomic mass is 9.72. The van der Waals surface area contributed by atoms with Gasteiger partial charge in [0.05, 0.1) is 19.8 Å². The van der Waals surface area contributed by atoms with Crippen molar-refractivity contribution < 1.29 is 18.7 Å². The topological polar surface area (TPSA) is 74.6 Å². The molecule has 1 N–H and O–H groups in total. The Bertz CT molecular complexity index is 1260. The fourth-order valence-corrected chi connectivity index (χ4v) is 4.90. The molecule has 1 fully saturated rings. The van der Waals surface area contributed by atoms with Crippen molar-refractivity contribution in [2.24, 2.45) is 0 Å². The molecule has 1 aliphatic rings. The molecule has 3 aromatic rings. The van der Waals surface area contributed by atoms with E-state index in [1.165, 1.54) is 20.3 Å². The number of nitrogens with zero attached hydrogens (tertiary/aromatic N) is 2. The Balaban J connectivity index is 1.75. The summed E-state index contributed by atoms with van der Waals surface area (Å²) < 4.78 is 25.2. The van der Waals surface area contributed by atoms with Crippen LogP contribution in [0.1, 0.15) is 34.3 Å². The highest BCUT2D eigenvalue weighted by molar-refractivity contribution is 6.12. The first-order valence-electron chi connectivity index (χ1n) is 11.2. The van der Waals surface area contributed by atoms with Crippen LogP contribution in [0.2, 0.25) is 0 Å². The van der Waals surface area contributed by atoms with Crippen molar-refractivity contribution in [1.82, 2.24) is 10.2 Å². The van der Waals surface area contributed by atoms with Crippen molar-refractivity contribution in [2.45, 2.75) is 18.3 Å². The summed E-state index contributed by atoms with van der Waals surface area (Å²) >= 11 is 0. The molecule has 7 heteroatoms. The number of hydrogen-bond donors (Lipinski definition) is 1. The normalized spacial score (nSPS) is 15.5. The Morgan fingerprint density at radius 1 is 1.09 bits per heavy atom. The summed E-state index contributed by atoms with van der Waals surface area (Å²) in [6, 6.07) is 16.1. The number of methoxy groups -OCH3 is 2. The van der Waals surface area contributed by atoms with Gasteiger partial charge in [-0.05, 0) is 50.7 Å². The average Bonchev–Trinajstić information content (AvgIpc) is 2.86. The number of nitrogens with one attached hydrogen (secondary N) is 1. The number of carbonyl (C=O) groups excluding carboxylic acids is 1. The molecule has 0 spiro atoms. The van der Waals surface area contributed by atoms with Crippen molar-refractivity contribution in [3.8, 4) is 17.6 Å². The second-order valence-electron chi connectivity index (χ2n) is 8.75. The quantitative estimate of drug-likeness (QED) is 0.594. The van der Waals surface area contributed by atoms with E-state index in [1.54, 1.807) is 12.1 Å². The van der Waals surface area contributed by atoms with E-state index in [-0.39, 0.29) is 28.6 Å². The number of amides is 1. The lowest BCUT2D eigenvalue weighted by Gasteiger charge is -2.41. The smallest absolute Gasteiger partial charge is 0.255 e. The van der Waals surface area contributed by atoms with Crippen LogP contribution in [0.25, 0.3) is 10.8 Å². The Morgan fingerprint density at radius 2 is 1.76 bits per heavy atom. The molecule has 0 radical (unpaired) electrons. The van der Waals surface area contributed by atoms with Crippen LogP contribution in [-0.2, 0) is 5.41 Å². The van der Waals surface area contributed by atoms with E-state index in [2.05, 4.69) is 23.3 Å². The van der Waals surface area contributed by atoms with Gasteiger partial charge >= 0.3 is 0 Å². The van der Waals surface area contributed by atoms with E-state index in [1.807, 2.05) is 30.3 Å². The van der Waals surface area contributed by atoms with Crippen LogP contribution < -0.4 is 14.8 Å². The van der Waals surface area contributed by atoms with Gasteiger partial charge in [-0.1, -0.05) is 36.4 Å². The molecule has 0 unspecified atom stereocenters. The highest BCUT2D eigenvalue weighted by Crippen LogP contribution is 2.41. The zero-order valence-corrected chi connectivity index (χ0v) is 19.7. The number of nitriles is 1. The number of benzene rings is 3. The Morgan fingerprint density at radius 3 is 2.38 bits per heavy atom. The minimum atomic E-state index is -0.391. The molecule has 0 bridgehead atoms. The molecule has 0 saturated carbocycles. The third kappa shape index (κ3) is 4.17. The molecule has 0 atom stereocenters. The number of ether oxygens (including phenoxy) is 2. The van der Waals surface area contributed by atoms with Gasteiger partial charge in [0, 0.05) is 22.7 Å². The van der Waals surface area contributed by atoms with Crippen molar-refractivity contribution in [3.05, 3.63) is 71.0 Å². The SMILES string of the molecule is COc1c(C#N)c(OC)c2ccccc2c1C(=O)NCC1(c2cccc(F)c2)CCN(C)CC1. The number of halogens is 1. The maximum Gasteiger partial charge on any atom is 0.255 e. The van der Waals surface area contributed by atoms with Crippen molar-refractivity contribution >= 4 is 16.7 Å². The molecular weight excluding hydrogens is 433 g/mol. The van der Waals surface area contributed by atoms with Gasteiger partial charge in [0.1, 0.15) is 23.2 Å². The molecular formula is C27H28FN3O3. The minimum absolute atomic E-state index is 0.174. The first-order chi connectivity index (χ1) is 16.4. The lowest BCUT2D eigenvalue weighted by molar-refractivity contribution is 0.0926. The fourth-order valence-electron chi connectivity index (χ4n) is 4.90. The van der Waals surface area contributed by atoms with Crippen LogP contribution in [0, 0.1) is 17.1 Å². The molecule has 1 heterocycles. The maximum absolute atomic E-state index is 14.1. The Hall–Kier alpha value is -3.63. The van der Waals surface area contributed by atoms with E-state index in [0.717, 1.165) is 31.5 Å². The summed E-state index contributed by atoms with van der Waals surface area (Å²) in [6.07, 6.45) is 1.58. The largest absolute Gasteiger partial charge is 0.495 e. The first kappa shape index (κ1) is 23.5. The third-order valence-electron chi connectivity index (χ3n) is 6.84. The van der Waals surface area contributed by atoms with Crippen molar-refractivity contribution in [2.75, 3.05) is 40.9 Å². The van der Waals surface area contributed by atoms with Crippen molar-refractivity contribution in [3.63, 3.8) is 0 Å². The Kier molecular flexibility index (Phi) is 6.71. The first-order valence-corrected chi connectivity index (χ1v) is 11.2. The second-order valence-corrected chi connectivity index (χ2v) is 8.75. The summed E-state index contributed by atoms with van der Waals surface area (Å²) in [4.78, 5) is 15.9. The number of rotatable bonds is 6. The van der Waals surface area contributed by atoms with Crippen molar-refractivity contribution in [1.29, 1.82) is 5.26 Å². The molecule has 6 nitrogen and oxygen atoms in total. The van der Waals surface area contributed by atoms with Crippen LogP contribution in [-0.4, -0.2) is 51.7 Å². The summed E-state index contributed by atoms with van der Waals surface area (Å²) in [6.45, 7) is 2.04. The van der Waals surface area contributed by atoms with E-state index < -0.39 is 5.41 Å². The molecule has 0 aromatic heterocycles. The maximum atomic E-state index is 14.1. The molecule has 1 saturated heterocycles. The molecule has 34 heavy (non-hydrogen) atoms. The average molecular weight is 462 g/mol. The Labute approximate surface area is 198 Å². The van der Waals surface area contributed by atoms with Gasteiger partial charge < -0.3 is 19.7 Å². The predicted molar refractivity (Wildman–Crippen MR) is 129 cm³/mol. The third-order valence-corrected chi connectivity index (χ3v) is 6.84. The van der Waals surface area contributed by atoms with Crippen LogP contribution in [0.4, 0.5) is 4.39 Å². The monoisotopic (exact) mass is 461 g/mol. The predicted octanol–water partition coefficient (Wildman–Crippen LogP) is 4.26. The number of likely N-dealkylation sites (tertiary alicyclic amines) is 1. The van der Waals surface area contributed by atoms with Crippen LogP contribution >= 0.6 is 0 Å². The molecule has 1 amide bonds. The second kappa shape index (κ2) is 9.70. The van der Waals surface area contributed by atoms with Gasteiger partial charge in [0.15, 0.2) is 5.75 Å². The molecule has 3 aromatic carbocycles. The summed E-state index contributed by atoms with van der Waals surface area (Å²) in [5.74, 6) is -0.0812. The highest BCUT2D eigenvalue weighted by Gasteiger charge is 2.37. The zero-order valence-electron chi connectivity index (χ0n) is 19.7. The van der Waals surface area contributed by atoms with E-state index in [0.29, 0.717) is 23.1 Å². The van der Waals surface area contributed by atoms with Gasteiger partial charge in [-0.3, -0.25) is 4.79 Å². The number of hydrogen-bond acceptors (Lipinski definition) is 5. The molecule has 0 aliphatic carbocycles. The summed E-state index contributed by atoms with van der Waals surface area (Å²) in [5.41, 5.74) is 0.952. The van der Waals surface area contributed by atoms with Crippen LogP contribution in [0.15, 0.2) is 48.5 Å². The lowest BCUT2D eigenvalue weighted by Crippen LogP contribution is -2.48. The van der Waals surface area contributed by atoms with E-state index in [4.69, 9.17) is 9.47 Å². The number of piperidine rings is 1. The van der Waals surface area contributed by atoms with Gasteiger partial charge in [-0.15, -0.1) is 0 Å². The molecule has 176 valence electrons. The van der Waals surface area contributed by atoms with E-state index >= 15 is 0 Å². The van der Waals surface area contributed by atoms with Gasteiger partial charge in [0.25, 0.3) is 5.91 Å². The highest BCUT2D eigenvalue weighted by atomic mass is 19.1.